The molecule has 0 unspecified atom stereocenters. The highest BCUT2D eigenvalue weighted by Crippen LogP contribution is 2.40. The van der Waals surface area contributed by atoms with Gasteiger partial charge in [0.2, 0.25) is 5.91 Å². The Labute approximate surface area is 131 Å². The van der Waals surface area contributed by atoms with Gasteiger partial charge in [-0.1, -0.05) is 31.9 Å². The molecule has 21 heavy (non-hydrogen) atoms. The zero-order chi connectivity index (χ0) is 15.5. The molecule has 1 aliphatic carbocycles. The van der Waals surface area contributed by atoms with E-state index in [1.165, 1.54) is 25.7 Å². The van der Waals surface area contributed by atoms with E-state index in [-0.39, 0.29) is 17.2 Å². The Morgan fingerprint density at radius 2 is 2.14 bits per heavy atom. The third-order valence-corrected chi connectivity index (χ3v) is 4.92. The minimum Gasteiger partial charge on any atom is -0.335 e. The number of aryl methyl sites for hydroxylation is 1. The lowest BCUT2D eigenvalue weighted by atomic mass is 9.77. The molecule has 0 atom stereocenters. The molecule has 1 aliphatic rings. The van der Waals surface area contributed by atoms with Gasteiger partial charge in [-0.2, -0.15) is 0 Å². The lowest BCUT2D eigenvalue weighted by Crippen LogP contribution is -2.42. The average Bonchev–Trinajstić information content (AvgIpc) is 3.09. The topological polar surface area (TPSA) is 51.0 Å². The molecule has 0 aliphatic heterocycles. The van der Waals surface area contributed by atoms with Crippen molar-refractivity contribution in [2.75, 3.05) is 12.4 Å². The first-order valence-corrected chi connectivity index (χ1v) is 8.15. The minimum absolute atomic E-state index is 0.0199. The number of halogens is 1. The Bertz CT molecular complexity index is 480. The molecule has 1 aromatic rings. The summed E-state index contributed by atoms with van der Waals surface area (Å²) in [5.74, 6) is 0.684. The molecule has 1 saturated carbocycles. The monoisotopic (exact) mass is 312 g/mol. The summed E-state index contributed by atoms with van der Waals surface area (Å²) < 4.78 is 1.71. The summed E-state index contributed by atoms with van der Waals surface area (Å²) in [5.41, 5.74) is 1.04. The standard InChI is InChI=1S/C15H25ClN4O/c1-15(2,12-6-4-5-7-12)11-20(14(21)8-16)10-13-9-17-18-19(13)3/h9,12H,4-8,10-11H2,1-3H3. The van der Waals surface area contributed by atoms with Crippen molar-refractivity contribution in [1.29, 1.82) is 0 Å². The van der Waals surface area contributed by atoms with Crippen molar-refractivity contribution in [2.24, 2.45) is 18.4 Å². The maximum absolute atomic E-state index is 12.2. The second-order valence-corrected chi connectivity index (χ2v) is 6.97. The molecule has 1 heterocycles. The van der Waals surface area contributed by atoms with Gasteiger partial charge in [-0.3, -0.25) is 9.48 Å². The van der Waals surface area contributed by atoms with Gasteiger partial charge in [-0.15, -0.1) is 16.7 Å². The molecule has 0 bridgehead atoms. The minimum atomic E-state index is -0.0241. The summed E-state index contributed by atoms with van der Waals surface area (Å²) in [5, 5.41) is 7.80. The molecule has 1 amide bonds. The summed E-state index contributed by atoms with van der Waals surface area (Å²) in [6.45, 7) is 5.78. The Morgan fingerprint density at radius 1 is 1.48 bits per heavy atom. The van der Waals surface area contributed by atoms with E-state index in [0.717, 1.165) is 12.2 Å². The van der Waals surface area contributed by atoms with Gasteiger partial charge in [0.15, 0.2) is 0 Å². The lowest BCUT2D eigenvalue weighted by molar-refractivity contribution is -0.131. The number of aromatic nitrogens is 3. The first kappa shape index (κ1) is 16.3. The van der Waals surface area contributed by atoms with Crippen LogP contribution in [0.15, 0.2) is 6.20 Å². The van der Waals surface area contributed by atoms with Crippen molar-refractivity contribution in [2.45, 2.75) is 46.1 Å². The fraction of sp³-hybridized carbons (Fsp3) is 0.800. The number of carbonyl (C=O) groups excluding carboxylic acids is 1. The molecular weight excluding hydrogens is 288 g/mol. The van der Waals surface area contributed by atoms with Crippen LogP contribution >= 0.6 is 11.6 Å². The predicted molar refractivity (Wildman–Crippen MR) is 82.9 cm³/mol. The molecule has 1 fully saturated rings. The van der Waals surface area contributed by atoms with Crippen molar-refractivity contribution in [3.63, 3.8) is 0 Å². The van der Waals surface area contributed by atoms with E-state index in [9.17, 15) is 4.79 Å². The molecule has 6 heteroatoms. The van der Waals surface area contributed by atoms with Crippen LogP contribution in [0.1, 0.15) is 45.2 Å². The molecule has 5 nitrogen and oxygen atoms in total. The molecule has 118 valence electrons. The molecule has 0 spiro atoms. The summed E-state index contributed by atoms with van der Waals surface area (Å²) >= 11 is 5.79. The van der Waals surface area contributed by atoms with Crippen molar-refractivity contribution in [3.05, 3.63) is 11.9 Å². The highest BCUT2D eigenvalue weighted by molar-refractivity contribution is 6.27. The maximum Gasteiger partial charge on any atom is 0.237 e. The summed E-state index contributed by atoms with van der Waals surface area (Å²) in [7, 11) is 1.84. The van der Waals surface area contributed by atoms with E-state index in [0.29, 0.717) is 12.5 Å². The Morgan fingerprint density at radius 3 is 2.67 bits per heavy atom. The van der Waals surface area contributed by atoms with Gasteiger partial charge >= 0.3 is 0 Å². The van der Waals surface area contributed by atoms with Gasteiger partial charge in [0, 0.05) is 13.6 Å². The number of rotatable bonds is 6. The molecule has 2 rings (SSSR count). The Balaban J connectivity index is 2.09. The second kappa shape index (κ2) is 6.77. The fourth-order valence-electron chi connectivity index (χ4n) is 3.29. The van der Waals surface area contributed by atoms with E-state index in [1.54, 1.807) is 10.9 Å². The third kappa shape index (κ3) is 3.96. The number of hydrogen-bond acceptors (Lipinski definition) is 3. The SMILES string of the molecule is Cn1nncc1CN(CC(C)(C)C1CCCC1)C(=O)CCl. The van der Waals surface area contributed by atoms with Gasteiger partial charge in [0.25, 0.3) is 0 Å². The smallest absolute Gasteiger partial charge is 0.237 e. The normalized spacial score (nSPS) is 16.4. The van der Waals surface area contributed by atoms with Gasteiger partial charge in [-0.25, -0.2) is 0 Å². The Kier molecular flexibility index (Phi) is 5.25. The van der Waals surface area contributed by atoms with Crippen LogP contribution in [-0.4, -0.2) is 38.2 Å². The number of hydrogen-bond donors (Lipinski definition) is 0. The van der Waals surface area contributed by atoms with Gasteiger partial charge in [0.1, 0.15) is 5.88 Å². The van der Waals surface area contributed by atoms with Crippen molar-refractivity contribution < 1.29 is 4.79 Å². The fourth-order valence-corrected chi connectivity index (χ4v) is 3.46. The van der Waals surface area contributed by atoms with E-state index >= 15 is 0 Å². The second-order valence-electron chi connectivity index (χ2n) is 6.70. The third-order valence-electron chi connectivity index (χ3n) is 4.69. The van der Waals surface area contributed by atoms with E-state index in [1.807, 2.05) is 11.9 Å². The molecule has 1 aromatic heterocycles. The highest BCUT2D eigenvalue weighted by atomic mass is 35.5. The zero-order valence-electron chi connectivity index (χ0n) is 13.2. The van der Waals surface area contributed by atoms with Crippen molar-refractivity contribution in [1.82, 2.24) is 19.9 Å². The van der Waals surface area contributed by atoms with Crippen LogP contribution in [0.5, 0.6) is 0 Å². The summed E-state index contributed by atoms with van der Waals surface area (Å²) in [4.78, 5) is 14.0. The number of nitrogens with zero attached hydrogens (tertiary/aromatic N) is 4. The predicted octanol–water partition coefficient (Wildman–Crippen LogP) is 2.60. The van der Waals surface area contributed by atoms with Crippen LogP contribution in [0.3, 0.4) is 0 Å². The summed E-state index contributed by atoms with van der Waals surface area (Å²) in [6, 6.07) is 0. The number of amides is 1. The summed E-state index contributed by atoms with van der Waals surface area (Å²) in [6.07, 6.45) is 6.86. The van der Waals surface area contributed by atoms with Crippen LogP contribution in [-0.2, 0) is 18.4 Å². The zero-order valence-corrected chi connectivity index (χ0v) is 13.9. The molecule has 0 saturated heterocycles. The van der Waals surface area contributed by atoms with E-state index in [4.69, 9.17) is 11.6 Å². The average molecular weight is 313 g/mol. The highest BCUT2D eigenvalue weighted by Gasteiger charge is 2.34. The molecule has 0 aromatic carbocycles. The van der Waals surface area contributed by atoms with Crippen LogP contribution in [0.4, 0.5) is 0 Å². The van der Waals surface area contributed by atoms with Crippen molar-refractivity contribution in [3.8, 4) is 0 Å². The largest absolute Gasteiger partial charge is 0.335 e. The molecular formula is C15H25ClN4O. The van der Waals surface area contributed by atoms with Crippen LogP contribution in [0.25, 0.3) is 0 Å². The number of alkyl halides is 1. The van der Waals surface area contributed by atoms with Gasteiger partial charge in [0.05, 0.1) is 18.4 Å². The maximum atomic E-state index is 12.2. The van der Waals surface area contributed by atoms with Crippen LogP contribution in [0, 0.1) is 11.3 Å². The first-order valence-electron chi connectivity index (χ1n) is 7.61. The molecule has 0 N–H and O–H groups in total. The number of carbonyl (C=O) groups is 1. The van der Waals surface area contributed by atoms with Crippen LogP contribution in [0.2, 0.25) is 0 Å². The van der Waals surface area contributed by atoms with Crippen molar-refractivity contribution >= 4 is 17.5 Å². The molecule has 0 radical (unpaired) electrons. The quantitative estimate of drug-likeness (QED) is 0.759. The van der Waals surface area contributed by atoms with E-state index in [2.05, 4.69) is 24.2 Å². The van der Waals surface area contributed by atoms with Gasteiger partial charge < -0.3 is 4.90 Å². The van der Waals surface area contributed by atoms with Crippen LogP contribution < -0.4 is 0 Å². The lowest BCUT2D eigenvalue weighted by Gasteiger charge is -2.37. The van der Waals surface area contributed by atoms with E-state index < -0.39 is 0 Å². The first-order chi connectivity index (χ1) is 9.94. The Hall–Kier alpha value is -1.10. The van der Waals surface area contributed by atoms with Gasteiger partial charge in [-0.05, 0) is 24.2 Å².